The van der Waals surface area contributed by atoms with Gasteiger partial charge >= 0.3 is 0 Å². The highest BCUT2D eigenvalue weighted by molar-refractivity contribution is 5.38. The summed E-state index contributed by atoms with van der Waals surface area (Å²) in [5.74, 6) is 1.26. The fourth-order valence-corrected chi connectivity index (χ4v) is 0.838. The molecule has 0 atom stereocenters. The van der Waals surface area contributed by atoms with Gasteiger partial charge in [0.15, 0.2) is 11.5 Å². The molecule has 0 aliphatic heterocycles. The first kappa shape index (κ1) is 8.87. The Labute approximate surface area is 71.5 Å². The topological polar surface area (TPSA) is 38.7 Å². The van der Waals surface area contributed by atoms with Gasteiger partial charge in [0.25, 0.3) is 0 Å². The van der Waals surface area contributed by atoms with Crippen LogP contribution in [0.2, 0.25) is 0 Å². The largest absolute Gasteiger partial charge is 0.493 e. The van der Waals surface area contributed by atoms with Gasteiger partial charge in [0.05, 0.1) is 13.7 Å². The standard InChI is InChI=1S/C9H11O3/c1-11-8-4-2-3-5-9(8)12-7-6-10/h2,4-5,10H,6-7H2,1H3. The van der Waals surface area contributed by atoms with Crippen LogP contribution in [0.15, 0.2) is 18.2 Å². The monoisotopic (exact) mass is 167 g/mol. The van der Waals surface area contributed by atoms with Gasteiger partial charge < -0.3 is 14.6 Å². The molecule has 65 valence electrons. The quantitative estimate of drug-likeness (QED) is 0.723. The zero-order chi connectivity index (χ0) is 8.81. The van der Waals surface area contributed by atoms with E-state index in [-0.39, 0.29) is 13.2 Å². The van der Waals surface area contributed by atoms with Crippen molar-refractivity contribution in [3.05, 3.63) is 24.3 Å². The third kappa shape index (κ3) is 2.13. The van der Waals surface area contributed by atoms with E-state index in [1.54, 1.807) is 25.3 Å². The van der Waals surface area contributed by atoms with Crippen molar-refractivity contribution in [2.24, 2.45) is 0 Å². The average Bonchev–Trinajstić information content (AvgIpc) is 2.15. The van der Waals surface area contributed by atoms with Crippen LogP contribution in [0, 0.1) is 6.07 Å². The first-order valence-corrected chi connectivity index (χ1v) is 3.66. The summed E-state index contributed by atoms with van der Waals surface area (Å²) in [4.78, 5) is 0. The van der Waals surface area contributed by atoms with Crippen molar-refractivity contribution in [3.8, 4) is 11.5 Å². The van der Waals surface area contributed by atoms with Crippen molar-refractivity contribution in [2.75, 3.05) is 20.3 Å². The maximum atomic E-state index is 8.52. The van der Waals surface area contributed by atoms with Crippen LogP contribution in [0.3, 0.4) is 0 Å². The zero-order valence-electron chi connectivity index (χ0n) is 6.91. The molecule has 0 saturated heterocycles. The molecular formula is C9H11O3. The molecule has 0 aromatic heterocycles. The second-order valence-electron chi connectivity index (χ2n) is 2.15. The second kappa shape index (κ2) is 4.62. The molecule has 12 heavy (non-hydrogen) atoms. The number of ether oxygens (including phenoxy) is 2. The molecule has 0 unspecified atom stereocenters. The van der Waals surface area contributed by atoms with Crippen LogP contribution in [0.25, 0.3) is 0 Å². The second-order valence-corrected chi connectivity index (χ2v) is 2.15. The Morgan fingerprint density at radius 2 is 2.33 bits per heavy atom. The number of benzene rings is 1. The summed E-state index contributed by atoms with van der Waals surface area (Å²) < 4.78 is 10.2. The van der Waals surface area contributed by atoms with Crippen LogP contribution in [0.4, 0.5) is 0 Å². The molecule has 0 aliphatic carbocycles. The van der Waals surface area contributed by atoms with Gasteiger partial charge in [-0.05, 0) is 18.2 Å². The van der Waals surface area contributed by atoms with Crippen molar-refractivity contribution in [2.45, 2.75) is 0 Å². The summed E-state index contributed by atoms with van der Waals surface area (Å²) >= 11 is 0. The Kier molecular flexibility index (Phi) is 3.41. The minimum atomic E-state index is -0.00194. The highest BCUT2D eigenvalue weighted by atomic mass is 16.5. The summed E-state index contributed by atoms with van der Waals surface area (Å²) in [5, 5.41) is 8.52. The van der Waals surface area contributed by atoms with Crippen molar-refractivity contribution in [3.63, 3.8) is 0 Å². The molecule has 0 aliphatic rings. The fourth-order valence-electron chi connectivity index (χ4n) is 0.838. The Bertz CT molecular complexity index is 235. The average molecular weight is 167 g/mol. The van der Waals surface area contributed by atoms with Gasteiger partial charge in [0.1, 0.15) is 6.61 Å². The van der Waals surface area contributed by atoms with Gasteiger partial charge in [-0.15, -0.1) is 0 Å². The molecule has 1 rings (SSSR count). The first-order valence-electron chi connectivity index (χ1n) is 3.66. The number of hydrogen-bond donors (Lipinski definition) is 1. The van der Waals surface area contributed by atoms with E-state index in [4.69, 9.17) is 14.6 Å². The van der Waals surface area contributed by atoms with Crippen LogP contribution in [-0.2, 0) is 0 Å². The van der Waals surface area contributed by atoms with Gasteiger partial charge in [-0.3, -0.25) is 0 Å². The van der Waals surface area contributed by atoms with Crippen molar-refractivity contribution < 1.29 is 14.6 Å². The van der Waals surface area contributed by atoms with Gasteiger partial charge in [-0.2, -0.15) is 0 Å². The third-order valence-corrected chi connectivity index (χ3v) is 1.36. The van der Waals surface area contributed by atoms with Crippen LogP contribution in [-0.4, -0.2) is 25.4 Å². The molecule has 0 saturated carbocycles. The maximum absolute atomic E-state index is 8.52. The summed E-state index contributed by atoms with van der Waals surface area (Å²) in [5.41, 5.74) is 0. The van der Waals surface area contributed by atoms with E-state index in [0.29, 0.717) is 11.5 Å². The molecule has 0 amide bonds. The van der Waals surface area contributed by atoms with E-state index in [1.807, 2.05) is 0 Å². The zero-order valence-corrected chi connectivity index (χ0v) is 6.91. The Morgan fingerprint density at radius 1 is 1.50 bits per heavy atom. The number of hydrogen-bond acceptors (Lipinski definition) is 3. The van der Waals surface area contributed by atoms with E-state index in [0.717, 1.165) is 0 Å². The molecule has 0 bridgehead atoms. The molecule has 1 N–H and O–H groups in total. The predicted octanol–water partition coefficient (Wildman–Crippen LogP) is 0.866. The lowest BCUT2D eigenvalue weighted by atomic mass is 10.3. The SMILES string of the molecule is COc1cc[c]cc1OCCO. The van der Waals surface area contributed by atoms with Crippen LogP contribution >= 0.6 is 0 Å². The van der Waals surface area contributed by atoms with Gasteiger partial charge in [-0.25, -0.2) is 0 Å². The minimum Gasteiger partial charge on any atom is -0.493 e. The van der Waals surface area contributed by atoms with E-state index in [1.165, 1.54) is 0 Å². The summed E-state index contributed by atoms with van der Waals surface area (Å²) in [7, 11) is 1.57. The number of aliphatic hydroxyl groups excluding tert-OH is 1. The maximum Gasteiger partial charge on any atom is 0.161 e. The van der Waals surface area contributed by atoms with Gasteiger partial charge in [0.2, 0.25) is 0 Å². The molecule has 0 heterocycles. The van der Waals surface area contributed by atoms with E-state index < -0.39 is 0 Å². The van der Waals surface area contributed by atoms with Crippen molar-refractivity contribution in [1.29, 1.82) is 0 Å². The third-order valence-electron chi connectivity index (χ3n) is 1.36. The number of methoxy groups -OCH3 is 1. The molecule has 1 radical (unpaired) electrons. The fraction of sp³-hybridized carbons (Fsp3) is 0.333. The Balaban J connectivity index is 2.68. The van der Waals surface area contributed by atoms with E-state index in [2.05, 4.69) is 6.07 Å². The normalized spacial score (nSPS) is 9.50. The molecule has 0 fully saturated rings. The predicted molar refractivity (Wildman–Crippen MR) is 44.4 cm³/mol. The Morgan fingerprint density at radius 3 is 3.00 bits per heavy atom. The molecule has 0 spiro atoms. The highest BCUT2D eigenvalue weighted by Gasteiger charge is 2.00. The first-order chi connectivity index (χ1) is 5.88. The highest BCUT2D eigenvalue weighted by Crippen LogP contribution is 2.24. The lowest BCUT2D eigenvalue weighted by Crippen LogP contribution is -2.02. The van der Waals surface area contributed by atoms with Gasteiger partial charge in [-0.1, -0.05) is 6.07 Å². The van der Waals surface area contributed by atoms with E-state index in [9.17, 15) is 0 Å². The van der Waals surface area contributed by atoms with E-state index >= 15 is 0 Å². The molecule has 1 aromatic rings. The van der Waals surface area contributed by atoms with Crippen molar-refractivity contribution in [1.82, 2.24) is 0 Å². The lowest BCUT2D eigenvalue weighted by Gasteiger charge is -2.07. The minimum absolute atomic E-state index is 0.00194. The van der Waals surface area contributed by atoms with Crippen molar-refractivity contribution >= 4 is 0 Å². The van der Waals surface area contributed by atoms with Crippen LogP contribution in [0.5, 0.6) is 11.5 Å². The molecule has 3 heteroatoms. The summed E-state index contributed by atoms with van der Waals surface area (Å²) in [6.07, 6.45) is 0. The number of rotatable bonds is 4. The number of aliphatic hydroxyl groups is 1. The summed E-state index contributed by atoms with van der Waals surface area (Å²) in [6.45, 7) is 0.270. The Hall–Kier alpha value is -1.22. The van der Waals surface area contributed by atoms with Crippen LogP contribution < -0.4 is 9.47 Å². The molecule has 3 nitrogen and oxygen atoms in total. The van der Waals surface area contributed by atoms with Gasteiger partial charge in [0, 0.05) is 0 Å². The molecular weight excluding hydrogens is 156 g/mol. The van der Waals surface area contributed by atoms with Crippen LogP contribution in [0.1, 0.15) is 0 Å². The molecule has 1 aromatic carbocycles. The smallest absolute Gasteiger partial charge is 0.161 e. The lowest BCUT2D eigenvalue weighted by molar-refractivity contribution is 0.196. The summed E-state index contributed by atoms with van der Waals surface area (Å²) in [6, 6.07) is 8.03.